The maximum Gasteiger partial charge on any atom is 0.330 e. The van der Waals surface area contributed by atoms with E-state index in [1.807, 2.05) is 22.8 Å². The number of hydrogen-bond acceptors (Lipinski definition) is 3. The standard InChI is InChI=1S/C19H13BrCl2N4O/c20-17-12-2-1-7-23-15(12)16-18(24-17)25(19(27)26(16)11-4-5-11)9-10-3-6-13(21)14(22)8-10/h1-3,6-8,11H,4-5,9H2. The molecular weight excluding hydrogens is 451 g/mol. The van der Waals surface area contributed by atoms with Crippen molar-refractivity contribution in [2.24, 2.45) is 0 Å². The highest BCUT2D eigenvalue weighted by Gasteiger charge is 2.31. The maximum absolute atomic E-state index is 13.3. The summed E-state index contributed by atoms with van der Waals surface area (Å²) in [7, 11) is 0. The minimum atomic E-state index is -0.0730. The number of aromatic nitrogens is 4. The van der Waals surface area contributed by atoms with Gasteiger partial charge in [-0.25, -0.2) is 9.78 Å². The molecule has 0 aliphatic heterocycles. The van der Waals surface area contributed by atoms with Crippen LogP contribution in [0, 0.1) is 0 Å². The Labute approximate surface area is 172 Å². The van der Waals surface area contributed by atoms with E-state index in [-0.39, 0.29) is 11.7 Å². The minimum Gasteiger partial charge on any atom is -0.285 e. The second kappa shape index (κ2) is 6.33. The van der Waals surface area contributed by atoms with E-state index in [9.17, 15) is 4.79 Å². The van der Waals surface area contributed by atoms with E-state index < -0.39 is 0 Å². The fraction of sp³-hybridized carbons (Fsp3) is 0.211. The largest absolute Gasteiger partial charge is 0.330 e. The number of benzene rings is 1. The lowest BCUT2D eigenvalue weighted by Gasteiger charge is -2.06. The van der Waals surface area contributed by atoms with Crippen molar-refractivity contribution in [3.63, 3.8) is 0 Å². The first-order chi connectivity index (χ1) is 13.0. The van der Waals surface area contributed by atoms with Gasteiger partial charge in [0.25, 0.3) is 0 Å². The molecule has 1 fully saturated rings. The number of nitrogens with zero attached hydrogens (tertiary/aromatic N) is 4. The lowest BCUT2D eigenvalue weighted by Crippen LogP contribution is -2.24. The highest BCUT2D eigenvalue weighted by molar-refractivity contribution is 9.10. The normalized spacial score (nSPS) is 14.3. The molecule has 3 aromatic heterocycles. The van der Waals surface area contributed by atoms with Crippen LogP contribution in [0.15, 0.2) is 45.9 Å². The SMILES string of the molecule is O=c1n(Cc2ccc(Cl)c(Cl)c2)c2nc(Br)c3cccnc3c2n1C1CC1. The molecule has 8 heteroatoms. The van der Waals surface area contributed by atoms with Crippen LogP contribution >= 0.6 is 39.1 Å². The lowest BCUT2D eigenvalue weighted by atomic mass is 10.2. The molecule has 0 spiro atoms. The number of hydrogen-bond donors (Lipinski definition) is 0. The molecule has 0 atom stereocenters. The average molecular weight is 464 g/mol. The number of fused-ring (bicyclic) bond motifs is 3. The van der Waals surface area contributed by atoms with E-state index in [4.69, 9.17) is 28.2 Å². The molecule has 0 N–H and O–H groups in total. The Morgan fingerprint density at radius 3 is 2.74 bits per heavy atom. The Morgan fingerprint density at radius 2 is 2.00 bits per heavy atom. The monoisotopic (exact) mass is 462 g/mol. The summed E-state index contributed by atoms with van der Waals surface area (Å²) in [5.74, 6) is 0. The zero-order valence-electron chi connectivity index (χ0n) is 14.0. The average Bonchev–Trinajstić information content (AvgIpc) is 3.46. The Bertz CT molecular complexity index is 1280. The first-order valence-electron chi connectivity index (χ1n) is 8.53. The third-order valence-corrected chi connectivity index (χ3v) is 6.18. The zero-order valence-corrected chi connectivity index (χ0v) is 17.1. The third kappa shape index (κ3) is 2.78. The van der Waals surface area contributed by atoms with Gasteiger partial charge in [0.15, 0.2) is 5.65 Å². The highest BCUT2D eigenvalue weighted by Crippen LogP contribution is 2.38. The Hall–Kier alpha value is -1.89. The third-order valence-electron chi connectivity index (χ3n) is 4.84. The van der Waals surface area contributed by atoms with Crippen LogP contribution in [0.25, 0.3) is 22.1 Å². The van der Waals surface area contributed by atoms with Gasteiger partial charge in [0, 0.05) is 17.6 Å². The second-order valence-corrected chi connectivity index (χ2v) is 8.26. The molecule has 1 saturated carbocycles. The summed E-state index contributed by atoms with van der Waals surface area (Å²) in [6.45, 7) is 0.365. The molecule has 0 unspecified atom stereocenters. The van der Waals surface area contributed by atoms with E-state index >= 15 is 0 Å². The van der Waals surface area contributed by atoms with Gasteiger partial charge in [-0.3, -0.25) is 14.1 Å². The Balaban J connectivity index is 1.81. The smallest absolute Gasteiger partial charge is 0.285 e. The van der Waals surface area contributed by atoms with Crippen molar-refractivity contribution in [3.05, 3.63) is 67.2 Å². The highest BCUT2D eigenvalue weighted by atomic mass is 79.9. The predicted octanol–water partition coefficient (Wildman–Crippen LogP) is 5.20. The molecule has 1 aliphatic rings. The quantitative estimate of drug-likeness (QED) is 0.392. The van der Waals surface area contributed by atoms with Crippen LogP contribution in [0.3, 0.4) is 0 Å². The summed E-state index contributed by atoms with van der Waals surface area (Å²) in [6, 6.07) is 9.43. The van der Waals surface area contributed by atoms with E-state index in [2.05, 4.69) is 20.9 Å². The minimum absolute atomic E-state index is 0.0730. The molecule has 0 radical (unpaired) electrons. The number of rotatable bonds is 3. The van der Waals surface area contributed by atoms with Crippen molar-refractivity contribution in [2.75, 3.05) is 0 Å². The van der Waals surface area contributed by atoms with Gasteiger partial charge in [0.05, 0.1) is 16.6 Å². The first kappa shape index (κ1) is 17.2. The van der Waals surface area contributed by atoms with Crippen molar-refractivity contribution in [1.29, 1.82) is 0 Å². The number of imidazole rings is 1. The van der Waals surface area contributed by atoms with Gasteiger partial charge < -0.3 is 0 Å². The van der Waals surface area contributed by atoms with Crippen molar-refractivity contribution >= 4 is 61.2 Å². The van der Waals surface area contributed by atoms with E-state index in [0.29, 0.717) is 26.8 Å². The topological polar surface area (TPSA) is 52.7 Å². The van der Waals surface area contributed by atoms with Crippen LogP contribution in [0.4, 0.5) is 0 Å². The molecule has 0 bridgehead atoms. The summed E-state index contributed by atoms with van der Waals surface area (Å²) < 4.78 is 4.21. The molecule has 27 heavy (non-hydrogen) atoms. The Morgan fingerprint density at radius 1 is 1.19 bits per heavy atom. The zero-order chi connectivity index (χ0) is 18.7. The summed E-state index contributed by atoms with van der Waals surface area (Å²) in [5.41, 5.74) is 3.01. The van der Waals surface area contributed by atoms with Crippen LogP contribution in [-0.4, -0.2) is 19.1 Å². The van der Waals surface area contributed by atoms with Gasteiger partial charge in [-0.05, 0) is 58.6 Å². The van der Waals surface area contributed by atoms with Gasteiger partial charge in [-0.1, -0.05) is 29.3 Å². The van der Waals surface area contributed by atoms with E-state index in [1.165, 1.54) is 0 Å². The van der Waals surface area contributed by atoms with Crippen LogP contribution < -0.4 is 5.69 Å². The molecular formula is C19H13BrCl2N4O. The summed E-state index contributed by atoms with van der Waals surface area (Å²) in [4.78, 5) is 22.5. The molecule has 4 aromatic rings. The van der Waals surface area contributed by atoms with Crippen molar-refractivity contribution in [1.82, 2.24) is 19.1 Å². The summed E-state index contributed by atoms with van der Waals surface area (Å²) >= 11 is 15.7. The van der Waals surface area contributed by atoms with Crippen molar-refractivity contribution in [2.45, 2.75) is 25.4 Å². The summed E-state index contributed by atoms with van der Waals surface area (Å²) in [6.07, 6.45) is 3.73. The van der Waals surface area contributed by atoms with Crippen LogP contribution in [0.2, 0.25) is 10.0 Å². The van der Waals surface area contributed by atoms with Crippen LogP contribution in [0.5, 0.6) is 0 Å². The molecule has 1 aliphatic carbocycles. The predicted molar refractivity (Wildman–Crippen MR) is 111 cm³/mol. The second-order valence-electron chi connectivity index (χ2n) is 6.69. The number of pyridine rings is 2. The molecule has 3 heterocycles. The van der Waals surface area contributed by atoms with Crippen LogP contribution in [-0.2, 0) is 6.54 Å². The molecule has 5 rings (SSSR count). The molecule has 5 nitrogen and oxygen atoms in total. The fourth-order valence-corrected chi connectivity index (χ4v) is 4.24. The van der Waals surface area contributed by atoms with Crippen molar-refractivity contribution < 1.29 is 0 Å². The van der Waals surface area contributed by atoms with Gasteiger partial charge in [0.1, 0.15) is 15.6 Å². The first-order valence-corrected chi connectivity index (χ1v) is 10.1. The van der Waals surface area contributed by atoms with E-state index in [0.717, 1.165) is 34.8 Å². The molecule has 1 aromatic carbocycles. The van der Waals surface area contributed by atoms with Gasteiger partial charge in [0.2, 0.25) is 0 Å². The summed E-state index contributed by atoms with van der Waals surface area (Å²) in [5, 5.41) is 1.85. The maximum atomic E-state index is 13.3. The lowest BCUT2D eigenvalue weighted by molar-refractivity contribution is 0.671. The van der Waals surface area contributed by atoms with Gasteiger partial charge >= 0.3 is 5.69 Å². The van der Waals surface area contributed by atoms with Gasteiger partial charge in [-0.2, -0.15) is 0 Å². The fourth-order valence-electron chi connectivity index (χ4n) is 3.43. The Kier molecular flexibility index (Phi) is 4.04. The number of halogens is 3. The molecule has 0 saturated heterocycles. The van der Waals surface area contributed by atoms with Crippen LogP contribution in [0.1, 0.15) is 24.4 Å². The molecule has 0 amide bonds. The van der Waals surface area contributed by atoms with Gasteiger partial charge in [-0.15, -0.1) is 0 Å². The van der Waals surface area contributed by atoms with E-state index in [1.54, 1.807) is 22.9 Å². The van der Waals surface area contributed by atoms with Crippen molar-refractivity contribution in [3.8, 4) is 0 Å². The molecule has 136 valence electrons.